The molecule has 0 aliphatic rings. The molecule has 0 radical (unpaired) electrons. The average Bonchev–Trinajstić information content (AvgIpc) is 2.66. The number of fused-ring (bicyclic) bond motifs is 1. The van der Waals surface area contributed by atoms with Crippen LogP contribution in [0, 0.1) is 0 Å². The summed E-state index contributed by atoms with van der Waals surface area (Å²) in [5, 5.41) is 8.70. The monoisotopic (exact) mass is 256 g/mol. The van der Waals surface area contributed by atoms with Gasteiger partial charge in [-0.1, -0.05) is 0 Å². The average molecular weight is 256 g/mol. The second-order valence-electron chi connectivity index (χ2n) is 3.64. The molecule has 0 fully saturated rings. The van der Waals surface area contributed by atoms with Gasteiger partial charge in [0.25, 0.3) is 5.56 Å². The minimum atomic E-state index is -1.08. The maximum Gasteiger partial charge on any atom is 0.332 e. The number of nitrogens with zero attached hydrogens (tertiary/aromatic N) is 4. The van der Waals surface area contributed by atoms with E-state index in [9.17, 15) is 14.4 Å². The van der Waals surface area contributed by atoms with Crippen molar-refractivity contribution < 1.29 is 15.4 Å². The van der Waals surface area contributed by atoms with Crippen molar-refractivity contribution in [3.8, 4) is 0 Å². The number of hydrogen-bond donors (Lipinski definition) is 1. The number of carboxylic acids is 1. The molecule has 0 aliphatic heterocycles. The van der Waals surface area contributed by atoms with Crippen LogP contribution in [-0.2, 0) is 25.4 Å². The van der Waals surface area contributed by atoms with Crippen molar-refractivity contribution in [1.29, 1.82) is 0 Å². The zero-order chi connectivity index (χ0) is 12.7. The van der Waals surface area contributed by atoms with E-state index in [-0.39, 0.29) is 23.2 Å². The first-order valence-electron chi connectivity index (χ1n) is 4.76. The van der Waals surface area contributed by atoms with Gasteiger partial charge in [0, 0.05) is 14.1 Å². The summed E-state index contributed by atoms with van der Waals surface area (Å²) in [6, 6.07) is 0. The van der Waals surface area contributed by atoms with E-state index in [0.29, 0.717) is 0 Å². The first kappa shape index (κ1) is 13.6. The SMILES string of the molecule is Cn1c(=O)c2c(ncn2CC(=O)O)n(C)c1=O.O. The van der Waals surface area contributed by atoms with E-state index in [1.165, 1.54) is 29.6 Å². The predicted octanol–water partition coefficient (Wildman–Crippen LogP) is -2.31. The zero-order valence-electron chi connectivity index (χ0n) is 9.75. The normalized spacial score (nSPS) is 10.3. The van der Waals surface area contributed by atoms with Crippen LogP contribution >= 0.6 is 0 Å². The standard InChI is InChI=1S/C9H10N4O4.H2O/c1-11-7-6(8(16)12(2)9(11)17)13(4-10-7)3-5(14)15;/h4H,3H2,1-2H3,(H,14,15);1H2. The van der Waals surface area contributed by atoms with Crippen LogP contribution in [0.3, 0.4) is 0 Å². The zero-order valence-corrected chi connectivity index (χ0v) is 9.75. The Morgan fingerprint density at radius 3 is 2.50 bits per heavy atom. The Kier molecular flexibility index (Phi) is 3.37. The molecule has 2 aromatic rings. The van der Waals surface area contributed by atoms with Crippen LogP contribution in [0.25, 0.3) is 11.2 Å². The molecule has 9 nitrogen and oxygen atoms in total. The van der Waals surface area contributed by atoms with Crippen LogP contribution in [0.1, 0.15) is 0 Å². The number of rotatable bonds is 2. The first-order chi connectivity index (χ1) is 7.93. The van der Waals surface area contributed by atoms with Crippen molar-refractivity contribution >= 4 is 17.1 Å². The lowest BCUT2D eigenvalue weighted by Gasteiger charge is -2.04. The van der Waals surface area contributed by atoms with Crippen LogP contribution in [0.15, 0.2) is 15.9 Å². The molecular weight excluding hydrogens is 244 g/mol. The third kappa shape index (κ3) is 1.80. The van der Waals surface area contributed by atoms with Gasteiger partial charge in [-0.15, -0.1) is 0 Å². The van der Waals surface area contributed by atoms with Gasteiger partial charge in [0.05, 0.1) is 6.33 Å². The Morgan fingerprint density at radius 1 is 1.33 bits per heavy atom. The third-order valence-electron chi connectivity index (χ3n) is 2.52. The van der Waals surface area contributed by atoms with E-state index >= 15 is 0 Å². The highest BCUT2D eigenvalue weighted by atomic mass is 16.4. The molecule has 9 heteroatoms. The molecule has 0 saturated carbocycles. The highest BCUT2D eigenvalue weighted by molar-refractivity contribution is 5.74. The fourth-order valence-corrected chi connectivity index (χ4v) is 1.66. The second kappa shape index (κ2) is 4.45. The van der Waals surface area contributed by atoms with Gasteiger partial charge in [-0.2, -0.15) is 0 Å². The van der Waals surface area contributed by atoms with Crippen LogP contribution < -0.4 is 11.2 Å². The van der Waals surface area contributed by atoms with E-state index in [1.54, 1.807) is 0 Å². The lowest BCUT2D eigenvalue weighted by atomic mass is 10.5. The lowest BCUT2D eigenvalue weighted by molar-refractivity contribution is -0.137. The van der Waals surface area contributed by atoms with Crippen molar-refractivity contribution in [2.45, 2.75) is 6.54 Å². The minimum Gasteiger partial charge on any atom is -0.480 e. The predicted molar refractivity (Wildman–Crippen MR) is 61.5 cm³/mol. The van der Waals surface area contributed by atoms with Crippen molar-refractivity contribution in [3.63, 3.8) is 0 Å². The molecule has 2 heterocycles. The summed E-state index contributed by atoms with van der Waals surface area (Å²) < 4.78 is 3.33. The lowest BCUT2D eigenvalue weighted by Crippen LogP contribution is -2.37. The molecule has 0 bridgehead atoms. The Balaban J connectivity index is 0.00000162. The summed E-state index contributed by atoms with van der Waals surface area (Å²) in [5.41, 5.74) is -0.763. The van der Waals surface area contributed by atoms with E-state index < -0.39 is 17.2 Å². The van der Waals surface area contributed by atoms with Crippen molar-refractivity contribution in [2.75, 3.05) is 0 Å². The smallest absolute Gasteiger partial charge is 0.332 e. The Labute approximate surface area is 99.8 Å². The summed E-state index contributed by atoms with van der Waals surface area (Å²) in [6.07, 6.45) is 1.24. The third-order valence-corrected chi connectivity index (χ3v) is 2.52. The van der Waals surface area contributed by atoms with Gasteiger partial charge in [0.15, 0.2) is 11.2 Å². The number of aliphatic carboxylic acids is 1. The molecule has 0 saturated heterocycles. The van der Waals surface area contributed by atoms with Crippen molar-refractivity contribution in [2.24, 2.45) is 14.1 Å². The van der Waals surface area contributed by atoms with Crippen LogP contribution in [0.5, 0.6) is 0 Å². The number of carbonyl (C=O) groups is 1. The summed E-state index contributed by atoms with van der Waals surface area (Å²) in [4.78, 5) is 38.0. The molecule has 18 heavy (non-hydrogen) atoms. The largest absolute Gasteiger partial charge is 0.480 e. The van der Waals surface area contributed by atoms with Gasteiger partial charge in [-0.05, 0) is 0 Å². The van der Waals surface area contributed by atoms with E-state index in [0.717, 1.165) is 4.57 Å². The van der Waals surface area contributed by atoms with Gasteiger partial charge < -0.3 is 15.1 Å². The summed E-state index contributed by atoms with van der Waals surface area (Å²) >= 11 is 0. The van der Waals surface area contributed by atoms with Crippen LogP contribution in [0.2, 0.25) is 0 Å². The highest BCUT2D eigenvalue weighted by Crippen LogP contribution is 2.04. The number of aromatic nitrogens is 4. The number of aryl methyl sites for hydroxylation is 1. The number of imidazole rings is 1. The molecule has 0 atom stereocenters. The van der Waals surface area contributed by atoms with Gasteiger partial charge in [-0.3, -0.25) is 18.7 Å². The maximum atomic E-state index is 11.9. The van der Waals surface area contributed by atoms with Crippen molar-refractivity contribution in [1.82, 2.24) is 18.7 Å². The van der Waals surface area contributed by atoms with Gasteiger partial charge >= 0.3 is 11.7 Å². The molecule has 0 aliphatic carbocycles. The Bertz CT molecular complexity index is 723. The Hall–Kier alpha value is -2.42. The second-order valence-corrected chi connectivity index (χ2v) is 3.64. The molecule has 0 amide bonds. The minimum absolute atomic E-state index is 0. The number of hydrogen-bond acceptors (Lipinski definition) is 4. The highest BCUT2D eigenvalue weighted by Gasteiger charge is 2.15. The van der Waals surface area contributed by atoms with Gasteiger partial charge in [-0.25, -0.2) is 9.78 Å². The molecule has 2 rings (SSSR count). The molecule has 3 N–H and O–H groups in total. The van der Waals surface area contributed by atoms with Crippen molar-refractivity contribution in [3.05, 3.63) is 27.2 Å². The summed E-state index contributed by atoms with van der Waals surface area (Å²) in [5.74, 6) is -1.08. The molecule has 0 spiro atoms. The molecular formula is C9H12N4O5. The summed E-state index contributed by atoms with van der Waals surface area (Å²) in [6.45, 7) is -0.371. The maximum absolute atomic E-state index is 11.9. The summed E-state index contributed by atoms with van der Waals surface area (Å²) in [7, 11) is 2.81. The molecule has 2 aromatic heterocycles. The van der Waals surface area contributed by atoms with Gasteiger partial charge in [0.1, 0.15) is 6.54 Å². The van der Waals surface area contributed by atoms with E-state index in [2.05, 4.69) is 4.98 Å². The number of carboxylic acid groups (broad SMARTS) is 1. The fraction of sp³-hybridized carbons (Fsp3) is 0.333. The fourth-order valence-electron chi connectivity index (χ4n) is 1.66. The van der Waals surface area contributed by atoms with E-state index in [4.69, 9.17) is 5.11 Å². The molecule has 0 aromatic carbocycles. The van der Waals surface area contributed by atoms with E-state index in [1.807, 2.05) is 0 Å². The van der Waals surface area contributed by atoms with Crippen LogP contribution in [-0.4, -0.2) is 35.2 Å². The Morgan fingerprint density at radius 2 is 1.94 bits per heavy atom. The molecule has 98 valence electrons. The van der Waals surface area contributed by atoms with Gasteiger partial charge in [0.2, 0.25) is 0 Å². The topological polar surface area (TPSA) is 131 Å². The quantitative estimate of drug-likeness (QED) is 0.645. The molecule has 0 unspecified atom stereocenters. The van der Waals surface area contributed by atoms with Crippen LogP contribution in [0.4, 0.5) is 0 Å². The first-order valence-corrected chi connectivity index (χ1v) is 4.76.